The summed E-state index contributed by atoms with van der Waals surface area (Å²) in [6.45, 7) is 2.67. The number of benzene rings is 1. The Balaban J connectivity index is 1.84. The number of nitrogens with one attached hydrogen (secondary N) is 1. The van der Waals surface area contributed by atoms with Crippen LogP contribution in [0.1, 0.15) is 12.5 Å². The summed E-state index contributed by atoms with van der Waals surface area (Å²) in [5, 5.41) is 4.06. The molecule has 0 radical (unpaired) electrons. The number of halogens is 2. The van der Waals surface area contributed by atoms with Gasteiger partial charge in [-0.1, -0.05) is 23.7 Å². The molecule has 1 fully saturated rings. The molecular weight excluding hydrogens is 241 g/mol. The molecule has 4 heteroatoms. The minimum atomic E-state index is -0.918. The van der Waals surface area contributed by atoms with Gasteiger partial charge in [-0.3, -0.25) is 0 Å². The van der Waals surface area contributed by atoms with Gasteiger partial charge in [-0.05, 0) is 31.0 Å². The molecule has 0 spiro atoms. The van der Waals surface area contributed by atoms with Crippen LogP contribution in [-0.2, 0) is 11.2 Å². The number of hydrogen-bond acceptors (Lipinski definition) is 2. The summed E-state index contributed by atoms with van der Waals surface area (Å²) in [5.41, 5.74) is 1.21. The van der Waals surface area contributed by atoms with Gasteiger partial charge in [-0.15, -0.1) is 0 Å². The molecule has 1 aromatic rings. The monoisotopic (exact) mass is 257 g/mol. The summed E-state index contributed by atoms with van der Waals surface area (Å²) in [6, 6.07) is 8.04. The molecule has 1 aliphatic rings. The summed E-state index contributed by atoms with van der Waals surface area (Å²) < 4.78 is 18.5. The topological polar surface area (TPSA) is 21.3 Å². The molecule has 0 saturated carbocycles. The maximum atomic E-state index is 13.0. The lowest BCUT2D eigenvalue weighted by atomic mass is 10.0. The summed E-state index contributed by atoms with van der Waals surface area (Å²) >= 11 is 5.83. The van der Waals surface area contributed by atoms with E-state index in [1.165, 1.54) is 12.5 Å². The van der Waals surface area contributed by atoms with Crippen LogP contribution in [0, 0.1) is 0 Å². The van der Waals surface area contributed by atoms with Crippen LogP contribution in [0.15, 0.2) is 24.3 Å². The van der Waals surface area contributed by atoms with E-state index in [2.05, 4.69) is 5.32 Å². The quantitative estimate of drug-likeness (QED) is 0.899. The van der Waals surface area contributed by atoms with Crippen molar-refractivity contribution in [3.63, 3.8) is 0 Å². The molecule has 0 aliphatic carbocycles. The van der Waals surface area contributed by atoms with Gasteiger partial charge in [0, 0.05) is 17.6 Å². The van der Waals surface area contributed by atoms with Gasteiger partial charge >= 0.3 is 0 Å². The van der Waals surface area contributed by atoms with E-state index in [4.69, 9.17) is 16.3 Å². The molecular formula is C13H17ClFNO. The number of morpholine rings is 1. The molecule has 2 rings (SSSR count). The Morgan fingerprint density at radius 1 is 1.47 bits per heavy atom. The highest BCUT2D eigenvalue weighted by Crippen LogP contribution is 2.14. The number of hydrogen-bond donors (Lipinski definition) is 1. The van der Waals surface area contributed by atoms with Gasteiger partial charge in [-0.2, -0.15) is 0 Å². The smallest absolute Gasteiger partial charge is 0.125 e. The molecule has 17 heavy (non-hydrogen) atoms. The fourth-order valence-corrected chi connectivity index (χ4v) is 2.10. The van der Waals surface area contributed by atoms with Crippen LogP contribution in [0.2, 0.25) is 5.02 Å². The van der Waals surface area contributed by atoms with Crippen LogP contribution in [0.3, 0.4) is 0 Å². The van der Waals surface area contributed by atoms with Crippen molar-refractivity contribution in [2.45, 2.75) is 31.7 Å². The van der Waals surface area contributed by atoms with E-state index in [1.54, 1.807) is 0 Å². The predicted molar refractivity (Wildman–Crippen MR) is 67.3 cm³/mol. The maximum absolute atomic E-state index is 13.0. The Kier molecular flexibility index (Phi) is 4.37. The van der Waals surface area contributed by atoms with Crippen molar-refractivity contribution in [3.8, 4) is 0 Å². The zero-order valence-electron chi connectivity index (χ0n) is 9.83. The van der Waals surface area contributed by atoms with Crippen molar-refractivity contribution < 1.29 is 9.13 Å². The van der Waals surface area contributed by atoms with Gasteiger partial charge < -0.3 is 10.1 Å². The van der Waals surface area contributed by atoms with E-state index in [-0.39, 0.29) is 12.1 Å². The Hall–Kier alpha value is -0.640. The second kappa shape index (κ2) is 5.80. The fraction of sp³-hybridized carbons (Fsp3) is 0.538. The Bertz CT molecular complexity index is 347. The normalized spacial score (nSPS) is 26.8. The third kappa shape index (κ3) is 3.66. The van der Waals surface area contributed by atoms with Crippen LogP contribution >= 0.6 is 11.6 Å². The van der Waals surface area contributed by atoms with E-state index >= 15 is 0 Å². The van der Waals surface area contributed by atoms with Crippen LogP contribution < -0.4 is 5.32 Å². The predicted octanol–water partition coefficient (Wildman–Crippen LogP) is 2.60. The molecule has 3 unspecified atom stereocenters. The first-order chi connectivity index (χ1) is 8.15. The highest BCUT2D eigenvalue weighted by atomic mass is 35.5. The highest BCUT2D eigenvalue weighted by Gasteiger charge is 2.25. The second-order valence-electron chi connectivity index (χ2n) is 4.49. The number of ether oxygens (including phenoxy) is 1. The van der Waals surface area contributed by atoms with Crippen molar-refractivity contribution in [1.82, 2.24) is 5.32 Å². The third-order valence-corrected chi connectivity index (χ3v) is 3.28. The van der Waals surface area contributed by atoms with Gasteiger partial charge in [0.2, 0.25) is 0 Å². The van der Waals surface area contributed by atoms with Gasteiger partial charge in [0.15, 0.2) is 0 Å². The van der Waals surface area contributed by atoms with E-state index in [0.717, 1.165) is 11.4 Å². The van der Waals surface area contributed by atoms with E-state index in [9.17, 15) is 4.39 Å². The molecule has 1 aromatic carbocycles. The Morgan fingerprint density at radius 2 is 2.18 bits per heavy atom. The molecule has 2 nitrogen and oxygen atoms in total. The molecule has 0 amide bonds. The molecule has 94 valence electrons. The zero-order chi connectivity index (χ0) is 12.3. The van der Waals surface area contributed by atoms with Gasteiger partial charge in [0.1, 0.15) is 12.3 Å². The minimum Gasteiger partial charge on any atom is -0.372 e. The summed E-state index contributed by atoms with van der Waals surface area (Å²) in [6.07, 6.45) is -0.347. The van der Waals surface area contributed by atoms with Gasteiger partial charge in [0.05, 0.1) is 6.61 Å². The standard InChI is InChI=1S/C13H17ClFNO/c1-9(15)13-7-16-12(8-17-13)6-10-2-4-11(14)5-3-10/h2-5,9,12-13,16H,6-8H2,1H3. The lowest BCUT2D eigenvalue weighted by Crippen LogP contribution is -2.50. The molecule has 0 bridgehead atoms. The Labute approximate surface area is 106 Å². The molecule has 3 atom stereocenters. The van der Waals surface area contributed by atoms with Crippen molar-refractivity contribution in [1.29, 1.82) is 0 Å². The lowest BCUT2D eigenvalue weighted by Gasteiger charge is -2.31. The minimum absolute atomic E-state index is 0.256. The average molecular weight is 258 g/mol. The van der Waals surface area contributed by atoms with Crippen LogP contribution in [-0.4, -0.2) is 31.5 Å². The largest absolute Gasteiger partial charge is 0.372 e. The van der Waals surface area contributed by atoms with E-state index in [1.807, 2.05) is 24.3 Å². The first kappa shape index (κ1) is 12.8. The van der Waals surface area contributed by atoms with Crippen molar-refractivity contribution in [2.75, 3.05) is 13.2 Å². The zero-order valence-corrected chi connectivity index (χ0v) is 10.6. The van der Waals surface area contributed by atoms with Crippen LogP contribution in [0.25, 0.3) is 0 Å². The maximum Gasteiger partial charge on any atom is 0.125 e. The first-order valence-corrected chi connectivity index (χ1v) is 6.26. The molecule has 1 saturated heterocycles. The summed E-state index contributed by atoms with van der Waals surface area (Å²) in [4.78, 5) is 0. The Morgan fingerprint density at radius 3 is 2.71 bits per heavy atom. The van der Waals surface area contributed by atoms with Crippen molar-refractivity contribution >= 4 is 11.6 Å². The van der Waals surface area contributed by atoms with Gasteiger partial charge in [-0.25, -0.2) is 4.39 Å². The van der Waals surface area contributed by atoms with E-state index in [0.29, 0.717) is 13.2 Å². The van der Waals surface area contributed by atoms with Gasteiger partial charge in [0.25, 0.3) is 0 Å². The number of alkyl halides is 1. The second-order valence-corrected chi connectivity index (χ2v) is 4.92. The molecule has 0 aromatic heterocycles. The van der Waals surface area contributed by atoms with Crippen LogP contribution in [0.4, 0.5) is 4.39 Å². The van der Waals surface area contributed by atoms with Crippen LogP contribution in [0.5, 0.6) is 0 Å². The molecule has 1 heterocycles. The van der Waals surface area contributed by atoms with E-state index < -0.39 is 6.17 Å². The third-order valence-electron chi connectivity index (χ3n) is 3.03. The van der Waals surface area contributed by atoms with Crippen molar-refractivity contribution in [2.24, 2.45) is 0 Å². The first-order valence-electron chi connectivity index (χ1n) is 5.88. The lowest BCUT2D eigenvalue weighted by molar-refractivity contribution is -0.0340. The SMILES string of the molecule is CC(F)C1CNC(Cc2ccc(Cl)cc2)CO1. The summed E-state index contributed by atoms with van der Waals surface area (Å²) in [7, 11) is 0. The summed E-state index contributed by atoms with van der Waals surface area (Å²) in [5.74, 6) is 0. The van der Waals surface area contributed by atoms with Crippen molar-refractivity contribution in [3.05, 3.63) is 34.9 Å². The fourth-order valence-electron chi connectivity index (χ4n) is 1.97. The highest BCUT2D eigenvalue weighted by molar-refractivity contribution is 6.30. The molecule has 1 aliphatic heterocycles. The average Bonchev–Trinajstić information content (AvgIpc) is 2.33. The number of rotatable bonds is 3. The molecule has 1 N–H and O–H groups in total.